The van der Waals surface area contributed by atoms with Gasteiger partial charge < -0.3 is 5.48 Å². The normalized spacial score (nSPS) is 27.4. The fraction of sp³-hybridized carbons (Fsp3) is 0.833. The van der Waals surface area contributed by atoms with Crippen LogP contribution in [0.2, 0.25) is 0 Å². The standard InChI is InChI=1S/C6H10O7.Na.H2O.Sb/c7-1-2(8)3(9)4(10)5(11)6(12)13;;;/h2-5,7,10-11H,1H2,(H,12,13);;1H2;/q-2;+1;;+2/p-1. The van der Waals surface area contributed by atoms with E-state index < -0.39 is 59.4 Å². The van der Waals surface area contributed by atoms with E-state index in [-0.39, 0.29) is 35.0 Å². The number of aliphatic carboxylic acids is 1. The number of carbonyl (C=O) groups excluding carboxylic acids is 1. The van der Waals surface area contributed by atoms with Crippen molar-refractivity contribution in [3.63, 3.8) is 0 Å². The summed E-state index contributed by atoms with van der Waals surface area (Å²) in [7, 11) is 0. The molecule has 1 radical (unpaired) electrons. The van der Waals surface area contributed by atoms with E-state index in [1.165, 1.54) is 0 Å². The Morgan fingerprint density at radius 1 is 1.44 bits per heavy atom. The largest absolute Gasteiger partial charge is 1.00 e. The summed E-state index contributed by atoms with van der Waals surface area (Å²) in [4.78, 5) is 10.2. The fourth-order valence-corrected chi connectivity index (χ4v) is 3.01. The molecule has 4 unspecified atom stereocenters. The van der Waals surface area contributed by atoms with Crippen LogP contribution in [0.15, 0.2) is 0 Å². The third-order valence-corrected chi connectivity index (χ3v) is 3.75. The SMILES string of the molecule is O.O=C([O-])C(O)C(O)C1[O][Sb][O]C1CO.[Na+]. The first-order valence-electron chi connectivity index (χ1n) is 3.77. The Labute approximate surface area is 125 Å². The third-order valence-electron chi connectivity index (χ3n) is 1.79. The zero-order valence-corrected chi connectivity index (χ0v) is 13.0. The predicted octanol–water partition coefficient (Wildman–Crippen LogP) is -8.05. The van der Waals surface area contributed by atoms with E-state index in [0.29, 0.717) is 0 Å². The van der Waals surface area contributed by atoms with E-state index in [0.717, 1.165) is 0 Å². The van der Waals surface area contributed by atoms with Crippen LogP contribution in [0.3, 0.4) is 0 Å². The van der Waals surface area contributed by atoms with Gasteiger partial charge in [-0.05, 0) is 0 Å². The summed E-state index contributed by atoms with van der Waals surface area (Å²) in [6.07, 6.45) is -5.44. The zero-order chi connectivity index (χ0) is 10.7. The molecule has 1 aliphatic heterocycles. The minimum absolute atomic E-state index is 0. The van der Waals surface area contributed by atoms with E-state index in [1.54, 1.807) is 0 Å². The molecule has 0 aromatic heterocycles. The number of rotatable bonds is 4. The molecule has 0 saturated carbocycles. The Morgan fingerprint density at radius 2 is 2.00 bits per heavy atom. The first-order chi connectivity index (χ1) is 6.57. The van der Waals surface area contributed by atoms with Crippen LogP contribution in [0, 0.1) is 0 Å². The van der Waals surface area contributed by atoms with Gasteiger partial charge in [0.25, 0.3) is 0 Å². The van der Waals surface area contributed by atoms with Crippen molar-refractivity contribution in [3.8, 4) is 0 Å². The van der Waals surface area contributed by atoms with E-state index in [1.807, 2.05) is 0 Å². The summed E-state index contributed by atoms with van der Waals surface area (Å²) in [5.41, 5.74) is 0. The molecule has 1 rings (SSSR count). The van der Waals surface area contributed by atoms with E-state index >= 15 is 0 Å². The molecule has 1 aliphatic rings. The molecular formula is C6H11NaO8Sb. The van der Waals surface area contributed by atoms with Crippen LogP contribution in [0.5, 0.6) is 0 Å². The van der Waals surface area contributed by atoms with Crippen LogP contribution in [0.1, 0.15) is 0 Å². The molecule has 10 heteroatoms. The molecule has 0 aliphatic carbocycles. The fourth-order valence-electron chi connectivity index (χ4n) is 0.996. The zero-order valence-electron chi connectivity index (χ0n) is 8.44. The molecule has 0 bridgehead atoms. The molecule has 1 saturated heterocycles. The quantitative estimate of drug-likeness (QED) is 0.423. The molecule has 89 valence electrons. The summed E-state index contributed by atoms with van der Waals surface area (Å²) in [6.45, 7) is -0.392. The number of hydrogen-bond donors (Lipinski definition) is 3. The Morgan fingerprint density at radius 3 is 2.44 bits per heavy atom. The van der Waals surface area contributed by atoms with Gasteiger partial charge in [-0.3, -0.25) is 0 Å². The van der Waals surface area contributed by atoms with Gasteiger partial charge in [0, 0.05) is 0 Å². The van der Waals surface area contributed by atoms with Crippen LogP contribution < -0.4 is 34.7 Å². The van der Waals surface area contributed by atoms with E-state index in [4.69, 9.17) is 16.2 Å². The smallest absolute Gasteiger partial charge is 1.00 e. The Kier molecular flexibility index (Phi) is 11.0. The summed E-state index contributed by atoms with van der Waals surface area (Å²) < 4.78 is 9.92. The maximum atomic E-state index is 10.2. The molecular weight excluding hydrogens is 345 g/mol. The summed E-state index contributed by atoms with van der Waals surface area (Å²) in [5.74, 6) is -1.78. The summed E-state index contributed by atoms with van der Waals surface area (Å²) >= 11 is -1.40. The second-order valence-corrected chi connectivity index (χ2v) is 4.35. The summed E-state index contributed by atoms with van der Waals surface area (Å²) in [6, 6.07) is 0. The van der Waals surface area contributed by atoms with Gasteiger partial charge in [-0.2, -0.15) is 0 Å². The molecule has 5 N–H and O–H groups in total. The summed E-state index contributed by atoms with van der Waals surface area (Å²) in [5, 5.41) is 37.3. The third kappa shape index (κ3) is 4.73. The number of aliphatic hydroxyl groups excluding tert-OH is 3. The molecule has 8 nitrogen and oxygen atoms in total. The molecule has 16 heavy (non-hydrogen) atoms. The minimum Gasteiger partial charge on any atom is 1.00 e. The average Bonchev–Trinajstić information content (AvgIpc) is 2.62. The Balaban J connectivity index is 0. The van der Waals surface area contributed by atoms with Crippen LogP contribution in [-0.2, 0) is 10.8 Å². The molecule has 0 aromatic carbocycles. The maximum Gasteiger partial charge on any atom is 1.00 e. The van der Waals surface area contributed by atoms with Crippen molar-refractivity contribution in [2.24, 2.45) is 0 Å². The molecule has 0 amide bonds. The first-order valence-corrected chi connectivity index (χ1v) is 5.86. The minimum atomic E-state index is -2.04. The van der Waals surface area contributed by atoms with Gasteiger partial charge in [0.2, 0.25) is 0 Å². The molecule has 1 fully saturated rings. The van der Waals surface area contributed by atoms with Crippen molar-refractivity contribution in [2.45, 2.75) is 24.4 Å². The van der Waals surface area contributed by atoms with Crippen molar-refractivity contribution >= 4 is 28.4 Å². The number of carbonyl (C=O) groups is 1. The van der Waals surface area contributed by atoms with E-state index in [9.17, 15) is 15.0 Å². The molecule has 0 aromatic rings. The van der Waals surface area contributed by atoms with Crippen molar-refractivity contribution in [1.29, 1.82) is 0 Å². The van der Waals surface area contributed by atoms with Gasteiger partial charge in [0.1, 0.15) is 0 Å². The number of aliphatic hydroxyl groups is 3. The van der Waals surface area contributed by atoms with Gasteiger partial charge >= 0.3 is 120 Å². The number of carboxylic acid groups (broad SMARTS) is 1. The van der Waals surface area contributed by atoms with E-state index in [2.05, 4.69) is 0 Å². The van der Waals surface area contributed by atoms with Gasteiger partial charge in [-0.1, -0.05) is 0 Å². The van der Waals surface area contributed by atoms with Crippen LogP contribution >= 0.6 is 0 Å². The number of hydrogen-bond acceptors (Lipinski definition) is 7. The topological polar surface area (TPSA) is 151 Å². The molecule has 4 atom stereocenters. The second kappa shape index (κ2) is 9.04. The van der Waals surface area contributed by atoms with Crippen LogP contribution in [0.4, 0.5) is 0 Å². The maximum absolute atomic E-state index is 10.2. The van der Waals surface area contributed by atoms with Crippen LogP contribution in [0.25, 0.3) is 0 Å². The second-order valence-electron chi connectivity index (χ2n) is 2.73. The van der Waals surface area contributed by atoms with Gasteiger partial charge in [0.05, 0.1) is 0 Å². The first kappa shape index (κ1) is 19.4. The average molecular weight is 356 g/mol. The predicted molar refractivity (Wildman–Crippen MR) is 43.2 cm³/mol. The Hall–Kier alpha value is 1.05. The van der Waals surface area contributed by atoms with Crippen molar-refractivity contribution < 1.29 is 66.3 Å². The number of carboxylic acids is 1. The molecule has 1 heterocycles. The van der Waals surface area contributed by atoms with Crippen LogP contribution in [-0.4, -0.2) is 80.2 Å². The van der Waals surface area contributed by atoms with Crippen molar-refractivity contribution in [3.05, 3.63) is 0 Å². The van der Waals surface area contributed by atoms with Gasteiger partial charge in [0.15, 0.2) is 0 Å². The van der Waals surface area contributed by atoms with Gasteiger partial charge in [-0.25, -0.2) is 0 Å². The monoisotopic (exact) mass is 355 g/mol. The molecule has 0 spiro atoms. The van der Waals surface area contributed by atoms with Crippen molar-refractivity contribution in [1.82, 2.24) is 0 Å². The van der Waals surface area contributed by atoms with Gasteiger partial charge in [-0.15, -0.1) is 0 Å². The Bertz CT molecular complexity index is 217. The van der Waals surface area contributed by atoms with Crippen molar-refractivity contribution in [2.75, 3.05) is 6.61 Å².